The normalized spacial score (nSPS) is 14.5. The van der Waals surface area contributed by atoms with E-state index in [0.29, 0.717) is 0 Å². The van der Waals surface area contributed by atoms with Gasteiger partial charge in [-0.15, -0.1) is 0 Å². The van der Waals surface area contributed by atoms with E-state index in [-0.39, 0.29) is 0 Å². The molecular weight excluding hydrogens is 199 g/mol. The topological polar surface area (TPSA) is 0 Å². The molecule has 1 rings (SSSR count). The second-order valence-electron chi connectivity index (χ2n) is 5.89. The Morgan fingerprint density at radius 2 is 1.53 bits per heavy atom. The van der Waals surface area contributed by atoms with Gasteiger partial charge < -0.3 is 0 Å². The molecule has 0 fully saturated rings. The molecule has 0 saturated carbocycles. The summed E-state index contributed by atoms with van der Waals surface area (Å²) in [5.74, 6) is 0. The fourth-order valence-corrected chi connectivity index (χ4v) is 4.89. The van der Waals surface area contributed by atoms with Gasteiger partial charge in [-0.3, -0.25) is 0 Å². The Balaban J connectivity index is 2.79. The Bertz CT molecular complexity index is 292. The quantitative estimate of drug-likeness (QED) is 0.525. The van der Waals surface area contributed by atoms with E-state index in [2.05, 4.69) is 57.3 Å². The molecule has 0 amide bonds. The Labute approximate surface area is 95.0 Å². The predicted molar refractivity (Wildman–Crippen MR) is 75.2 cm³/mol. The molecule has 0 radical (unpaired) electrons. The summed E-state index contributed by atoms with van der Waals surface area (Å²) >= 11 is 0. The molecule has 0 unspecified atom stereocenters. The van der Waals surface area contributed by atoms with E-state index in [1.54, 1.807) is 5.30 Å². The van der Waals surface area contributed by atoms with E-state index < -0.39 is 6.60 Å². The standard InChI is InChI=1S/C14H25P/c1-5-6-10-13-15(2,3,4)14-11-8-7-9-12-14/h7-9,11-12H,5-6,10,13H2,1-4H3. The monoisotopic (exact) mass is 224 g/mol. The number of hydrogen-bond acceptors (Lipinski definition) is 0. The molecule has 1 aromatic rings. The van der Waals surface area contributed by atoms with Gasteiger partial charge in [-0.2, -0.15) is 0 Å². The van der Waals surface area contributed by atoms with Gasteiger partial charge in [-0.1, -0.05) is 0 Å². The average Bonchev–Trinajstić information content (AvgIpc) is 2.19. The van der Waals surface area contributed by atoms with Gasteiger partial charge in [-0.25, -0.2) is 0 Å². The summed E-state index contributed by atoms with van der Waals surface area (Å²) < 4.78 is 0. The maximum absolute atomic E-state index is 2.50. The van der Waals surface area contributed by atoms with Gasteiger partial charge in [0, 0.05) is 0 Å². The van der Waals surface area contributed by atoms with Gasteiger partial charge in [0.15, 0.2) is 0 Å². The molecule has 0 saturated heterocycles. The first-order chi connectivity index (χ1) is 6.94. The van der Waals surface area contributed by atoms with Gasteiger partial charge in [0.1, 0.15) is 0 Å². The first-order valence-corrected chi connectivity index (χ1v) is 9.76. The van der Waals surface area contributed by atoms with Gasteiger partial charge >= 0.3 is 94.6 Å². The SMILES string of the molecule is CCCCCP(C)(C)(C)c1ccccc1. The molecule has 0 spiro atoms. The van der Waals surface area contributed by atoms with E-state index in [1.165, 1.54) is 25.4 Å². The number of unbranched alkanes of at least 4 members (excludes halogenated alkanes) is 2. The number of rotatable bonds is 5. The zero-order valence-electron chi connectivity index (χ0n) is 10.7. The van der Waals surface area contributed by atoms with Crippen molar-refractivity contribution in [3.63, 3.8) is 0 Å². The Hall–Kier alpha value is -0.350. The molecule has 0 N–H and O–H groups in total. The Morgan fingerprint density at radius 1 is 0.933 bits per heavy atom. The van der Waals surface area contributed by atoms with Gasteiger partial charge in [0.2, 0.25) is 0 Å². The summed E-state index contributed by atoms with van der Waals surface area (Å²) in [6.07, 6.45) is 5.47. The van der Waals surface area contributed by atoms with Gasteiger partial charge in [0.25, 0.3) is 0 Å². The molecule has 0 atom stereocenters. The minimum atomic E-state index is -1.59. The van der Waals surface area contributed by atoms with Crippen molar-refractivity contribution in [2.75, 3.05) is 26.2 Å². The molecule has 0 nitrogen and oxygen atoms in total. The summed E-state index contributed by atoms with van der Waals surface area (Å²) in [6, 6.07) is 11.1. The molecule has 0 bridgehead atoms. The fraction of sp³-hybridized carbons (Fsp3) is 0.571. The molecule has 0 aromatic heterocycles. The van der Waals surface area contributed by atoms with Crippen LogP contribution in [0.4, 0.5) is 0 Å². The van der Waals surface area contributed by atoms with E-state index in [9.17, 15) is 0 Å². The second kappa shape index (κ2) is 4.66. The molecular formula is C14H25P. The van der Waals surface area contributed by atoms with Crippen molar-refractivity contribution in [1.82, 2.24) is 0 Å². The average molecular weight is 224 g/mol. The van der Waals surface area contributed by atoms with Crippen LogP contribution in [0.1, 0.15) is 26.2 Å². The van der Waals surface area contributed by atoms with Crippen LogP contribution in [0.2, 0.25) is 0 Å². The van der Waals surface area contributed by atoms with Crippen LogP contribution in [0, 0.1) is 0 Å². The third-order valence-corrected chi connectivity index (χ3v) is 7.35. The molecule has 15 heavy (non-hydrogen) atoms. The zero-order chi connectivity index (χ0) is 11.4. The molecule has 0 aliphatic rings. The van der Waals surface area contributed by atoms with Gasteiger partial charge in [0.05, 0.1) is 0 Å². The Morgan fingerprint density at radius 3 is 2.07 bits per heavy atom. The molecule has 0 aliphatic heterocycles. The van der Waals surface area contributed by atoms with Crippen LogP contribution in [-0.2, 0) is 0 Å². The summed E-state index contributed by atoms with van der Waals surface area (Å²) in [5, 5.41) is 1.58. The predicted octanol–water partition coefficient (Wildman–Crippen LogP) is 3.94. The summed E-state index contributed by atoms with van der Waals surface area (Å²) in [6.45, 7) is 8.18. The van der Waals surface area contributed by atoms with E-state index >= 15 is 0 Å². The van der Waals surface area contributed by atoms with Crippen LogP contribution in [-0.4, -0.2) is 26.2 Å². The van der Waals surface area contributed by atoms with Crippen molar-refractivity contribution in [3.05, 3.63) is 30.3 Å². The van der Waals surface area contributed by atoms with Crippen LogP contribution in [0.5, 0.6) is 0 Å². The van der Waals surface area contributed by atoms with E-state index in [0.717, 1.165) is 0 Å². The minimum absolute atomic E-state index is 1.32. The third kappa shape index (κ3) is 3.61. The first-order valence-electron chi connectivity index (χ1n) is 6.00. The van der Waals surface area contributed by atoms with E-state index in [4.69, 9.17) is 0 Å². The zero-order valence-corrected chi connectivity index (χ0v) is 11.6. The summed E-state index contributed by atoms with van der Waals surface area (Å²) in [7, 11) is 0. The third-order valence-electron chi connectivity index (χ3n) is 3.26. The van der Waals surface area contributed by atoms with Crippen molar-refractivity contribution in [2.45, 2.75) is 26.2 Å². The molecule has 1 aromatic carbocycles. The van der Waals surface area contributed by atoms with Crippen LogP contribution in [0.15, 0.2) is 30.3 Å². The number of hydrogen-bond donors (Lipinski definition) is 0. The van der Waals surface area contributed by atoms with Crippen molar-refractivity contribution in [3.8, 4) is 0 Å². The summed E-state index contributed by atoms with van der Waals surface area (Å²) in [4.78, 5) is 0. The van der Waals surface area contributed by atoms with Crippen LogP contribution < -0.4 is 5.30 Å². The van der Waals surface area contributed by atoms with Crippen molar-refractivity contribution in [1.29, 1.82) is 0 Å². The van der Waals surface area contributed by atoms with Gasteiger partial charge in [-0.05, 0) is 0 Å². The van der Waals surface area contributed by atoms with Crippen molar-refractivity contribution >= 4 is 11.9 Å². The number of benzene rings is 1. The van der Waals surface area contributed by atoms with Crippen LogP contribution in [0.3, 0.4) is 0 Å². The van der Waals surface area contributed by atoms with Crippen LogP contribution >= 0.6 is 6.60 Å². The van der Waals surface area contributed by atoms with Crippen molar-refractivity contribution < 1.29 is 0 Å². The summed E-state index contributed by atoms with van der Waals surface area (Å²) in [5.41, 5.74) is 0. The fourth-order valence-electron chi connectivity index (χ4n) is 2.02. The van der Waals surface area contributed by atoms with E-state index in [1.807, 2.05) is 0 Å². The second-order valence-corrected chi connectivity index (χ2v) is 13.1. The molecule has 0 aliphatic carbocycles. The molecule has 86 valence electrons. The molecule has 1 heteroatoms. The molecule has 0 heterocycles. The Kier molecular flexibility index (Phi) is 3.95. The first kappa shape index (κ1) is 12.7. The maximum atomic E-state index is 2.50. The van der Waals surface area contributed by atoms with Crippen LogP contribution in [0.25, 0.3) is 0 Å². The van der Waals surface area contributed by atoms with Crippen molar-refractivity contribution in [2.24, 2.45) is 0 Å².